The van der Waals surface area contributed by atoms with Gasteiger partial charge in [0.15, 0.2) is 0 Å². The van der Waals surface area contributed by atoms with Crippen molar-refractivity contribution >= 4 is 23.5 Å². The second-order valence-corrected chi connectivity index (χ2v) is 6.19. The Morgan fingerprint density at radius 3 is 2.29 bits per heavy atom. The van der Waals surface area contributed by atoms with Crippen LogP contribution >= 0.6 is 0 Å². The van der Waals surface area contributed by atoms with Crippen LogP contribution < -0.4 is 9.64 Å². The van der Waals surface area contributed by atoms with Crippen molar-refractivity contribution in [3.05, 3.63) is 102 Å². The second-order valence-electron chi connectivity index (χ2n) is 6.19. The van der Waals surface area contributed by atoms with Crippen LogP contribution in [0.15, 0.2) is 89.6 Å². The summed E-state index contributed by atoms with van der Waals surface area (Å²) in [6.07, 6.45) is 1.48. The van der Waals surface area contributed by atoms with Gasteiger partial charge in [-0.05, 0) is 48.5 Å². The molecular weight excluding hydrogens is 355 g/mol. The van der Waals surface area contributed by atoms with Gasteiger partial charge < -0.3 is 4.74 Å². The second kappa shape index (κ2) is 7.48. The minimum absolute atomic E-state index is 0.180. The maximum absolute atomic E-state index is 14.1. The minimum atomic E-state index is -0.401. The molecule has 0 fully saturated rings. The van der Waals surface area contributed by atoms with Crippen LogP contribution in [0, 0.1) is 5.82 Å². The highest BCUT2D eigenvalue weighted by Crippen LogP contribution is 2.28. The first-order valence-corrected chi connectivity index (χ1v) is 8.76. The highest BCUT2D eigenvalue weighted by Gasteiger charge is 2.32. The van der Waals surface area contributed by atoms with Crippen molar-refractivity contribution in [2.45, 2.75) is 0 Å². The molecule has 0 saturated heterocycles. The maximum atomic E-state index is 14.1. The molecule has 28 heavy (non-hydrogen) atoms. The molecule has 0 saturated carbocycles. The number of para-hydroxylation sites is 1. The lowest BCUT2D eigenvalue weighted by Gasteiger charge is -2.18. The smallest absolute Gasteiger partial charge is 0.282 e. The molecule has 3 aromatic rings. The molecule has 3 aromatic carbocycles. The number of hydrogen-bond donors (Lipinski definition) is 0. The Balaban J connectivity index is 1.82. The van der Waals surface area contributed by atoms with E-state index in [1.807, 2.05) is 54.6 Å². The predicted molar refractivity (Wildman–Crippen MR) is 108 cm³/mol. The van der Waals surface area contributed by atoms with Crippen molar-refractivity contribution in [2.75, 3.05) is 12.0 Å². The number of ether oxygens (including phenoxy) is 1. The number of benzene rings is 3. The molecule has 4 rings (SSSR count). The summed E-state index contributed by atoms with van der Waals surface area (Å²) in [5, 5.41) is 0. The average molecular weight is 372 g/mol. The van der Waals surface area contributed by atoms with Gasteiger partial charge in [0.1, 0.15) is 23.1 Å². The van der Waals surface area contributed by atoms with Crippen LogP contribution in [0.5, 0.6) is 5.75 Å². The van der Waals surface area contributed by atoms with E-state index in [2.05, 4.69) is 4.99 Å². The molecule has 0 aliphatic carbocycles. The first-order valence-electron chi connectivity index (χ1n) is 8.76. The zero-order valence-electron chi connectivity index (χ0n) is 15.2. The fourth-order valence-electron chi connectivity index (χ4n) is 3.01. The van der Waals surface area contributed by atoms with Crippen molar-refractivity contribution in [3.63, 3.8) is 0 Å². The Kier molecular flexibility index (Phi) is 4.72. The van der Waals surface area contributed by atoms with Gasteiger partial charge in [-0.2, -0.15) is 0 Å². The number of carbonyl (C=O) groups is 1. The fourth-order valence-corrected chi connectivity index (χ4v) is 3.01. The normalized spacial score (nSPS) is 15.1. The summed E-state index contributed by atoms with van der Waals surface area (Å²) in [4.78, 5) is 19.2. The summed E-state index contributed by atoms with van der Waals surface area (Å²) in [5.74, 6) is 0.492. The van der Waals surface area contributed by atoms with E-state index in [1.165, 1.54) is 17.0 Å². The number of carbonyl (C=O) groups excluding carboxylic acids is 1. The van der Waals surface area contributed by atoms with Gasteiger partial charge in [-0.25, -0.2) is 9.38 Å². The third-order valence-electron chi connectivity index (χ3n) is 4.42. The summed E-state index contributed by atoms with van der Waals surface area (Å²) in [5.41, 5.74) is 1.95. The molecule has 0 N–H and O–H groups in total. The van der Waals surface area contributed by atoms with Crippen molar-refractivity contribution in [1.82, 2.24) is 0 Å². The number of nitrogens with zero attached hydrogens (tertiary/aromatic N) is 2. The molecule has 5 heteroatoms. The molecule has 138 valence electrons. The van der Waals surface area contributed by atoms with E-state index >= 15 is 0 Å². The number of amidine groups is 1. The first-order chi connectivity index (χ1) is 13.7. The Hall–Kier alpha value is -3.73. The standard InChI is InChI=1S/C23H17FN2O2/c1-28-19-13-11-16(12-14-19)22-25-21(15-17-7-5-6-10-20(17)24)23(27)26(22)18-8-3-2-4-9-18/h2-15H,1H3/b21-15+. The molecule has 0 atom stereocenters. The van der Waals surface area contributed by atoms with Crippen LogP contribution in [0.3, 0.4) is 0 Å². The molecule has 0 bridgehead atoms. The summed E-state index contributed by atoms with van der Waals surface area (Å²) in [6.45, 7) is 0. The lowest BCUT2D eigenvalue weighted by molar-refractivity contribution is -0.113. The minimum Gasteiger partial charge on any atom is -0.497 e. The van der Waals surface area contributed by atoms with Gasteiger partial charge in [0, 0.05) is 11.1 Å². The lowest BCUT2D eigenvalue weighted by Crippen LogP contribution is -2.32. The Morgan fingerprint density at radius 2 is 1.61 bits per heavy atom. The van der Waals surface area contributed by atoms with Crippen LogP contribution in [-0.2, 0) is 4.79 Å². The van der Waals surface area contributed by atoms with E-state index in [0.717, 1.165) is 5.56 Å². The Labute approximate surface area is 162 Å². The zero-order valence-corrected chi connectivity index (χ0v) is 15.2. The van der Waals surface area contributed by atoms with Crippen LogP contribution in [0.2, 0.25) is 0 Å². The number of amides is 1. The van der Waals surface area contributed by atoms with Gasteiger partial charge in [0.2, 0.25) is 0 Å². The van der Waals surface area contributed by atoms with Crippen molar-refractivity contribution < 1.29 is 13.9 Å². The van der Waals surface area contributed by atoms with Crippen LogP contribution in [0.1, 0.15) is 11.1 Å². The molecule has 1 amide bonds. The summed E-state index contributed by atoms with van der Waals surface area (Å²) in [6, 6.07) is 22.9. The van der Waals surface area contributed by atoms with E-state index in [4.69, 9.17) is 4.74 Å². The third kappa shape index (κ3) is 3.30. The summed E-state index contributed by atoms with van der Waals surface area (Å²) in [7, 11) is 1.59. The molecule has 0 radical (unpaired) electrons. The first kappa shape index (κ1) is 17.7. The van der Waals surface area contributed by atoms with Gasteiger partial charge in [0.25, 0.3) is 5.91 Å². The van der Waals surface area contributed by atoms with Crippen LogP contribution in [-0.4, -0.2) is 18.9 Å². The predicted octanol–water partition coefficient (Wildman–Crippen LogP) is 4.67. The van der Waals surface area contributed by atoms with Crippen LogP contribution in [0.25, 0.3) is 6.08 Å². The molecule has 1 aliphatic heterocycles. The summed E-state index contributed by atoms with van der Waals surface area (Å²) >= 11 is 0. The van der Waals surface area contributed by atoms with Gasteiger partial charge in [-0.15, -0.1) is 0 Å². The number of halogens is 1. The molecule has 1 aliphatic rings. The quantitative estimate of drug-likeness (QED) is 0.625. The van der Waals surface area contributed by atoms with Gasteiger partial charge in [-0.1, -0.05) is 36.4 Å². The molecule has 0 spiro atoms. The SMILES string of the molecule is COc1ccc(C2=N/C(=C/c3ccccc3F)C(=O)N2c2ccccc2)cc1. The highest BCUT2D eigenvalue weighted by atomic mass is 19.1. The van der Waals surface area contributed by atoms with Crippen LogP contribution in [0.4, 0.5) is 10.1 Å². The Bertz CT molecular complexity index is 1070. The van der Waals surface area contributed by atoms with Gasteiger partial charge >= 0.3 is 0 Å². The summed E-state index contributed by atoms with van der Waals surface area (Å²) < 4.78 is 19.3. The topological polar surface area (TPSA) is 41.9 Å². The van der Waals surface area contributed by atoms with Crippen molar-refractivity contribution in [2.24, 2.45) is 4.99 Å². The largest absolute Gasteiger partial charge is 0.497 e. The Morgan fingerprint density at radius 1 is 0.929 bits per heavy atom. The molecule has 0 aromatic heterocycles. The van der Waals surface area contributed by atoms with E-state index in [-0.39, 0.29) is 11.6 Å². The number of aliphatic imine (C=N–C) groups is 1. The van der Waals surface area contributed by atoms with Crippen molar-refractivity contribution in [3.8, 4) is 5.75 Å². The third-order valence-corrected chi connectivity index (χ3v) is 4.42. The van der Waals surface area contributed by atoms with Gasteiger partial charge in [-0.3, -0.25) is 9.69 Å². The van der Waals surface area contributed by atoms with Crippen molar-refractivity contribution in [1.29, 1.82) is 0 Å². The van der Waals surface area contributed by atoms with E-state index in [0.29, 0.717) is 22.8 Å². The number of methoxy groups -OCH3 is 1. The average Bonchev–Trinajstić information content (AvgIpc) is 3.06. The molecular formula is C23H17FN2O2. The van der Waals surface area contributed by atoms with E-state index < -0.39 is 5.82 Å². The zero-order chi connectivity index (χ0) is 19.5. The molecule has 4 nitrogen and oxygen atoms in total. The van der Waals surface area contributed by atoms with E-state index in [9.17, 15) is 9.18 Å². The number of anilines is 1. The number of hydrogen-bond acceptors (Lipinski definition) is 3. The van der Waals surface area contributed by atoms with E-state index in [1.54, 1.807) is 25.3 Å². The fraction of sp³-hybridized carbons (Fsp3) is 0.0435. The van der Waals surface area contributed by atoms with Gasteiger partial charge in [0.05, 0.1) is 12.8 Å². The molecule has 1 heterocycles. The number of rotatable bonds is 4. The monoisotopic (exact) mass is 372 g/mol. The highest BCUT2D eigenvalue weighted by molar-refractivity contribution is 6.33. The lowest BCUT2D eigenvalue weighted by atomic mass is 10.1. The molecule has 0 unspecified atom stereocenters. The maximum Gasteiger partial charge on any atom is 0.282 e.